The number of thiophene rings is 1. The summed E-state index contributed by atoms with van der Waals surface area (Å²) in [7, 11) is 2.01. The number of likely N-dealkylation sites (tertiary alicyclic amines) is 1. The van der Waals surface area contributed by atoms with Crippen LogP contribution in [0.4, 0.5) is 4.39 Å². The Balaban J connectivity index is 1.59. The summed E-state index contributed by atoms with van der Waals surface area (Å²) in [6.45, 7) is 2.06. The van der Waals surface area contributed by atoms with Crippen molar-refractivity contribution in [3.05, 3.63) is 56.4 Å². The van der Waals surface area contributed by atoms with Gasteiger partial charge in [0.15, 0.2) is 0 Å². The monoisotopic (exact) mass is 396 g/mol. The average Bonchev–Trinajstić information content (AvgIpc) is 3.06. The van der Waals surface area contributed by atoms with Crippen LogP contribution in [0.3, 0.4) is 0 Å². The second-order valence-corrected chi connectivity index (χ2v) is 8.48. The predicted molar refractivity (Wildman–Crippen MR) is 93.8 cm³/mol. The number of carbonyl (C=O) groups is 1. The minimum atomic E-state index is -0.242. The Bertz CT molecular complexity index is 705. The molecule has 6 heteroatoms. The molecule has 1 amide bonds. The quantitative estimate of drug-likeness (QED) is 0.760. The minimum Gasteiger partial charge on any atom is -0.329 e. The summed E-state index contributed by atoms with van der Waals surface area (Å²) in [5, 5.41) is 0. The van der Waals surface area contributed by atoms with E-state index in [1.807, 2.05) is 24.1 Å². The Kier molecular flexibility index (Phi) is 5.14. The lowest BCUT2D eigenvalue weighted by Crippen LogP contribution is -2.36. The zero-order chi connectivity index (χ0) is 16.4. The highest BCUT2D eigenvalue weighted by Gasteiger charge is 2.31. The number of benzene rings is 1. The number of rotatable bonds is 5. The first kappa shape index (κ1) is 16.6. The van der Waals surface area contributed by atoms with Crippen molar-refractivity contribution in [2.45, 2.75) is 18.9 Å². The summed E-state index contributed by atoms with van der Waals surface area (Å²) in [5.41, 5.74) is 0.908. The molecule has 1 aromatic carbocycles. The van der Waals surface area contributed by atoms with Gasteiger partial charge in [-0.15, -0.1) is 11.3 Å². The van der Waals surface area contributed by atoms with E-state index in [4.69, 9.17) is 0 Å². The van der Waals surface area contributed by atoms with Crippen molar-refractivity contribution in [2.24, 2.45) is 0 Å². The van der Waals surface area contributed by atoms with Crippen molar-refractivity contribution < 1.29 is 9.18 Å². The molecule has 0 bridgehead atoms. The molecule has 0 saturated carbocycles. The van der Waals surface area contributed by atoms with Crippen LogP contribution < -0.4 is 0 Å². The van der Waals surface area contributed by atoms with Crippen molar-refractivity contribution in [3.8, 4) is 0 Å². The molecule has 1 atom stereocenters. The fourth-order valence-corrected chi connectivity index (χ4v) is 4.50. The first-order chi connectivity index (χ1) is 11.0. The molecule has 3 nitrogen and oxygen atoms in total. The molecule has 1 fully saturated rings. The van der Waals surface area contributed by atoms with Gasteiger partial charge in [-0.2, -0.15) is 0 Å². The number of nitrogens with zero attached hydrogens (tertiary/aromatic N) is 2. The zero-order valence-corrected chi connectivity index (χ0v) is 15.2. The molecule has 0 aliphatic carbocycles. The molecule has 2 aromatic rings. The molecule has 1 aliphatic heterocycles. The highest BCUT2D eigenvalue weighted by atomic mass is 79.9. The van der Waals surface area contributed by atoms with Crippen LogP contribution in [0.15, 0.2) is 40.2 Å². The number of hydrogen-bond acceptors (Lipinski definition) is 3. The van der Waals surface area contributed by atoms with Crippen molar-refractivity contribution in [2.75, 3.05) is 20.3 Å². The van der Waals surface area contributed by atoms with Gasteiger partial charge in [0, 0.05) is 30.3 Å². The van der Waals surface area contributed by atoms with Gasteiger partial charge in [-0.3, -0.25) is 9.69 Å². The van der Waals surface area contributed by atoms with Crippen molar-refractivity contribution >= 4 is 33.2 Å². The van der Waals surface area contributed by atoms with Crippen LogP contribution in [-0.4, -0.2) is 36.0 Å². The Hall–Kier alpha value is -1.24. The second kappa shape index (κ2) is 7.11. The molecule has 0 spiro atoms. The van der Waals surface area contributed by atoms with Gasteiger partial charge in [0.05, 0.1) is 10.5 Å². The summed E-state index contributed by atoms with van der Waals surface area (Å²) in [4.78, 5) is 17.5. The Morgan fingerprint density at radius 3 is 2.91 bits per heavy atom. The fraction of sp³-hybridized carbons (Fsp3) is 0.353. The van der Waals surface area contributed by atoms with Gasteiger partial charge in [-0.25, -0.2) is 4.39 Å². The van der Waals surface area contributed by atoms with E-state index >= 15 is 0 Å². The summed E-state index contributed by atoms with van der Waals surface area (Å²) in [6, 6.07) is 10.7. The minimum absolute atomic E-state index is 0.0856. The number of carbonyl (C=O) groups excluding carboxylic acids is 1. The summed E-state index contributed by atoms with van der Waals surface area (Å²) < 4.78 is 14.5. The van der Waals surface area contributed by atoms with Crippen molar-refractivity contribution in [3.63, 3.8) is 0 Å². The van der Waals surface area contributed by atoms with E-state index in [0.29, 0.717) is 19.6 Å². The molecule has 23 heavy (non-hydrogen) atoms. The van der Waals surface area contributed by atoms with E-state index in [9.17, 15) is 9.18 Å². The first-order valence-electron chi connectivity index (χ1n) is 7.47. The Morgan fingerprint density at radius 1 is 1.39 bits per heavy atom. The fourth-order valence-electron chi connectivity index (χ4n) is 2.94. The SMILES string of the molecule is CN(Cc1ccc(Br)s1)CN1C[C@@H](c2cccc(F)c2)CC1=O. The molecular formula is C17H18BrFN2OS. The van der Waals surface area contributed by atoms with Crippen molar-refractivity contribution in [1.29, 1.82) is 0 Å². The van der Waals surface area contributed by atoms with E-state index in [0.717, 1.165) is 15.9 Å². The molecule has 122 valence electrons. The third kappa shape index (κ3) is 4.19. The summed E-state index contributed by atoms with van der Waals surface area (Å²) >= 11 is 5.17. The third-order valence-electron chi connectivity index (χ3n) is 4.00. The van der Waals surface area contributed by atoms with Gasteiger partial charge < -0.3 is 4.90 Å². The Labute approximate surface area is 147 Å². The topological polar surface area (TPSA) is 23.6 Å². The predicted octanol–water partition coefficient (Wildman–Crippen LogP) is 4.06. The van der Waals surface area contributed by atoms with Crippen LogP contribution in [0.1, 0.15) is 22.8 Å². The second-order valence-electron chi connectivity index (χ2n) is 5.93. The first-order valence-corrected chi connectivity index (χ1v) is 9.08. The van der Waals surface area contributed by atoms with Gasteiger partial charge in [0.25, 0.3) is 0 Å². The molecule has 2 heterocycles. The highest BCUT2D eigenvalue weighted by Crippen LogP contribution is 2.29. The summed E-state index contributed by atoms with van der Waals surface area (Å²) in [5.74, 6) is -0.0188. The molecule has 1 saturated heterocycles. The average molecular weight is 397 g/mol. The lowest BCUT2D eigenvalue weighted by atomic mass is 9.98. The van der Waals surface area contributed by atoms with Crippen LogP contribution in [0.5, 0.6) is 0 Å². The van der Waals surface area contributed by atoms with Crippen LogP contribution in [-0.2, 0) is 11.3 Å². The van der Waals surface area contributed by atoms with Crippen LogP contribution >= 0.6 is 27.3 Å². The molecule has 0 unspecified atom stereocenters. The third-order valence-corrected chi connectivity index (χ3v) is 5.61. The number of hydrogen-bond donors (Lipinski definition) is 0. The Morgan fingerprint density at radius 2 is 2.22 bits per heavy atom. The lowest BCUT2D eigenvalue weighted by Gasteiger charge is -2.24. The van der Waals surface area contributed by atoms with Crippen molar-refractivity contribution in [1.82, 2.24) is 9.80 Å². The zero-order valence-electron chi connectivity index (χ0n) is 12.8. The van der Waals surface area contributed by atoms with E-state index in [2.05, 4.69) is 26.9 Å². The maximum absolute atomic E-state index is 13.4. The van der Waals surface area contributed by atoms with Crippen LogP contribution in [0.25, 0.3) is 0 Å². The van der Waals surface area contributed by atoms with Crippen LogP contribution in [0, 0.1) is 5.82 Å². The molecular weight excluding hydrogens is 379 g/mol. The molecule has 3 rings (SSSR count). The largest absolute Gasteiger partial charge is 0.329 e. The number of amides is 1. The molecule has 0 radical (unpaired) electrons. The highest BCUT2D eigenvalue weighted by molar-refractivity contribution is 9.11. The molecule has 0 N–H and O–H groups in total. The van der Waals surface area contributed by atoms with Gasteiger partial charge in [0.1, 0.15) is 5.82 Å². The van der Waals surface area contributed by atoms with Gasteiger partial charge in [0.2, 0.25) is 5.91 Å². The standard InChI is InChI=1S/C17H18BrFN2OS/c1-20(10-15-5-6-16(18)23-15)11-21-9-13(8-17(21)22)12-3-2-4-14(19)7-12/h2-7,13H,8-11H2,1H3/t13-/m0/s1. The number of halogens is 2. The van der Waals surface area contributed by atoms with E-state index in [1.165, 1.54) is 17.0 Å². The maximum Gasteiger partial charge on any atom is 0.224 e. The lowest BCUT2D eigenvalue weighted by molar-refractivity contribution is -0.129. The normalized spacial score (nSPS) is 18.2. The van der Waals surface area contributed by atoms with Crippen LogP contribution in [0.2, 0.25) is 0 Å². The molecule has 1 aromatic heterocycles. The summed E-state index contributed by atoms with van der Waals surface area (Å²) in [6.07, 6.45) is 0.460. The smallest absolute Gasteiger partial charge is 0.224 e. The van der Waals surface area contributed by atoms with Gasteiger partial charge >= 0.3 is 0 Å². The maximum atomic E-state index is 13.4. The van der Waals surface area contributed by atoms with Gasteiger partial charge in [-0.1, -0.05) is 12.1 Å². The molecule has 1 aliphatic rings. The van der Waals surface area contributed by atoms with Gasteiger partial charge in [-0.05, 0) is 52.8 Å². The van der Waals surface area contributed by atoms with E-state index in [-0.39, 0.29) is 17.6 Å². The van der Waals surface area contributed by atoms with E-state index < -0.39 is 0 Å². The van der Waals surface area contributed by atoms with E-state index in [1.54, 1.807) is 17.4 Å².